The number of anilines is 2. The van der Waals surface area contributed by atoms with Crippen LogP contribution in [0.3, 0.4) is 0 Å². The van der Waals surface area contributed by atoms with Crippen molar-refractivity contribution in [2.24, 2.45) is 0 Å². The van der Waals surface area contributed by atoms with Gasteiger partial charge in [-0.2, -0.15) is 10.4 Å². The maximum atomic E-state index is 16.4. The molecule has 0 bridgehead atoms. The lowest BCUT2D eigenvalue weighted by Gasteiger charge is -2.33. The number of fused-ring (bicyclic) bond motifs is 1. The summed E-state index contributed by atoms with van der Waals surface area (Å²) in [4.78, 5) is 33.0. The first-order chi connectivity index (χ1) is 24.7. The summed E-state index contributed by atoms with van der Waals surface area (Å²) in [5.74, 6) is 0.121. The number of nitrogens with zero attached hydrogens (tertiary/aromatic N) is 9. The van der Waals surface area contributed by atoms with Crippen molar-refractivity contribution in [3.05, 3.63) is 89.8 Å². The van der Waals surface area contributed by atoms with Gasteiger partial charge >= 0.3 is 0 Å². The molecule has 6 heterocycles. The summed E-state index contributed by atoms with van der Waals surface area (Å²) in [7, 11) is 4.13. The normalized spacial score (nSPS) is 17.0. The lowest BCUT2D eigenvalue weighted by atomic mass is 9.92. The van der Waals surface area contributed by atoms with Crippen molar-refractivity contribution in [2.45, 2.75) is 57.5 Å². The van der Waals surface area contributed by atoms with Crippen LogP contribution in [0, 0.1) is 24.1 Å². The average Bonchev–Trinajstić information content (AvgIpc) is 3.57. The summed E-state index contributed by atoms with van der Waals surface area (Å²) in [6, 6.07) is 19.8. The second kappa shape index (κ2) is 14.8. The molecule has 4 aromatic heterocycles. The quantitative estimate of drug-likeness (QED) is 0.197. The fourth-order valence-corrected chi connectivity index (χ4v) is 7.21. The topological polar surface area (TPSA) is 119 Å². The molecule has 1 atom stereocenters. The number of halogens is 1. The summed E-state index contributed by atoms with van der Waals surface area (Å²) in [5.41, 5.74) is 6.92. The lowest BCUT2D eigenvalue weighted by molar-refractivity contribution is -0.131. The maximum absolute atomic E-state index is 16.4. The molecule has 0 aliphatic carbocycles. The molecule has 262 valence electrons. The molecular weight excluding hydrogens is 643 g/mol. The van der Waals surface area contributed by atoms with E-state index in [-0.39, 0.29) is 29.9 Å². The summed E-state index contributed by atoms with van der Waals surface area (Å²) in [5, 5.41) is 16.8. The van der Waals surface area contributed by atoms with Crippen molar-refractivity contribution in [3.8, 4) is 28.7 Å². The summed E-state index contributed by atoms with van der Waals surface area (Å²) >= 11 is 0. The number of piperidine rings is 2. The lowest BCUT2D eigenvalue weighted by Crippen LogP contribution is -2.45. The number of carbonyl (C=O) groups is 1. The Kier molecular flexibility index (Phi) is 9.90. The van der Waals surface area contributed by atoms with E-state index in [0.717, 1.165) is 62.1 Å². The number of hydrogen-bond donors (Lipinski definition) is 1. The van der Waals surface area contributed by atoms with Crippen molar-refractivity contribution >= 4 is 22.9 Å². The molecule has 0 radical (unpaired) electrons. The van der Waals surface area contributed by atoms with E-state index in [4.69, 9.17) is 15.2 Å². The number of amides is 1. The summed E-state index contributed by atoms with van der Waals surface area (Å²) in [6.45, 7) is 5.79. The molecule has 1 aromatic carbocycles. The third-order valence-corrected chi connectivity index (χ3v) is 9.98. The van der Waals surface area contributed by atoms with Crippen LogP contribution in [-0.4, -0.2) is 86.6 Å². The van der Waals surface area contributed by atoms with Crippen molar-refractivity contribution < 1.29 is 9.18 Å². The van der Waals surface area contributed by atoms with Crippen LogP contribution >= 0.6 is 0 Å². The van der Waals surface area contributed by atoms with Gasteiger partial charge in [-0.25, -0.2) is 18.9 Å². The highest BCUT2D eigenvalue weighted by Gasteiger charge is 2.27. The number of aromatic nitrogens is 5. The monoisotopic (exact) mass is 686 g/mol. The van der Waals surface area contributed by atoms with Crippen LogP contribution in [0.25, 0.3) is 28.2 Å². The number of rotatable bonds is 9. The molecule has 12 heteroatoms. The van der Waals surface area contributed by atoms with Crippen molar-refractivity contribution in [3.63, 3.8) is 0 Å². The zero-order chi connectivity index (χ0) is 35.5. The Balaban J connectivity index is 1.10. The first kappa shape index (κ1) is 34.1. The molecule has 1 amide bonds. The first-order valence-corrected chi connectivity index (χ1v) is 17.6. The highest BCUT2D eigenvalue weighted by Crippen LogP contribution is 2.33. The maximum Gasteiger partial charge on any atom is 0.236 e. The van der Waals surface area contributed by atoms with Gasteiger partial charge in [-0.15, -0.1) is 0 Å². The van der Waals surface area contributed by atoms with E-state index in [9.17, 15) is 4.79 Å². The first-order valence-electron chi connectivity index (χ1n) is 17.6. The van der Waals surface area contributed by atoms with Gasteiger partial charge in [0, 0.05) is 74.5 Å². The van der Waals surface area contributed by atoms with Crippen LogP contribution in [0.4, 0.5) is 15.9 Å². The summed E-state index contributed by atoms with van der Waals surface area (Å²) < 4.78 is 18.2. The molecule has 11 nitrogen and oxygen atoms in total. The zero-order valence-electron chi connectivity index (χ0n) is 29.4. The number of nitrogens with one attached hydrogen (secondary N) is 1. The predicted octanol–water partition coefficient (Wildman–Crippen LogP) is 6.06. The minimum absolute atomic E-state index is 0.0811. The fraction of sp³-hybridized carbons (Fsp3) is 0.385. The van der Waals surface area contributed by atoms with Crippen LogP contribution in [0.1, 0.15) is 55.0 Å². The van der Waals surface area contributed by atoms with E-state index in [1.54, 1.807) is 15.6 Å². The molecule has 2 aliphatic rings. The van der Waals surface area contributed by atoms with E-state index in [1.807, 2.05) is 42.6 Å². The molecule has 2 fully saturated rings. The Morgan fingerprint density at radius 2 is 1.84 bits per heavy atom. The number of nitriles is 1. The molecule has 2 saturated heterocycles. The second-order valence-electron chi connectivity index (χ2n) is 13.8. The number of likely N-dealkylation sites (tertiary alicyclic amines) is 2. The molecule has 51 heavy (non-hydrogen) atoms. The minimum Gasteiger partial charge on any atom is -0.378 e. The van der Waals surface area contributed by atoms with Crippen molar-refractivity contribution in [1.29, 1.82) is 5.26 Å². The second-order valence-corrected chi connectivity index (χ2v) is 13.8. The molecule has 0 spiro atoms. The van der Waals surface area contributed by atoms with Gasteiger partial charge in [0.05, 0.1) is 23.3 Å². The Morgan fingerprint density at radius 1 is 1.04 bits per heavy atom. The highest BCUT2D eigenvalue weighted by molar-refractivity contribution is 5.79. The molecule has 2 aliphatic heterocycles. The number of aryl methyl sites for hydroxylation is 1. The molecule has 0 unspecified atom stereocenters. The Morgan fingerprint density at radius 3 is 2.61 bits per heavy atom. The van der Waals surface area contributed by atoms with Gasteiger partial charge in [0.2, 0.25) is 5.91 Å². The largest absolute Gasteiger partial charge is 0.378 e. The van der Waals surface area contributed by atoms with Gasteiger partial charge in [0.1, 0.15) is 12.1 Å². The van der Waals surface area contributed by atoms with Gasteiger partial charge in [0.25, 0.3) is 0 Å². The van der Waals surface area contributed by atoms with Gasteiger partial charge < -0.3 is 15.1 Å². The SMILES string of the molecule is Cc1cc(N(C)C)cc(C2CCN(Cc3ccc(-c4nc(-c5cnn6ccccc56)nc(N[C@@H]5CCCN(C(=O)CC#N)C5)c4F)cc3)CC2)n1. The Bertz CT molecular complexity index is 2060. The van der Waals surface area contributed by atoms with Gasteiger partial charge in [0.15, 0.2) is 17.5 Å². The molecule has 0 saturated carbocycles. The molecular formula is C39H43FN10O. The Labute approximate surface area is 297 Å². The van der Waals surface area contributed by atoms with E-state index < -0.39 is 5.82 Å². The number of pyridine rings is 2. The molecule has 5 aromatic rings. The van der Waals surface area contributed by atoms with Crippen molar-refractivity contribution in [1.82, 2.24) is 34.4 Å². The third kappa shape index (κ3) is 7.54. The van der Waals surface area contributed by atoms with E-state index in [2.05, 4.69) is 70.5 Å². The number of benzene rings is 1. The molecule has 1 N–H and O–H groups in total. The Hall–Kier alpha value is -5.41. The van der Waals surface area contributed by atoms with Gasteiger partial charge in [-0.1, -0.05) is 30.3 Å². The molecule has 7 rings (SSSR count). The summed E-state index contributed by atoms with van der Waals surface area (Å²) in [6.07, 6.45) is 6.97. The van der Waals surface area contributed by atoms with Crippen LogP contribution in [-0.2, 0) is 11.3 Å². The van der Waals surface area contributed by atoms with Crippen LogP contribution in [0.15, 0.2) is 67.0 Å². The predicted molar refractivity (Wildman–Crippen MR) is 196 cm³/mol. The van der Waals surface area contributed by atoms with Crippen LogP contribution < -0.4 is 10.2 Å². The average molecular weight is 687 g/mol. The minimum atomic E-state index is -0.548. The van der Waals surface area contributed by atoms with E-state index in [1.165, 1.54) is 11.4 Å². The standard InChI is InChI=1S/C39H43FN10O/c1-26-21-31(47(2)3)22-33(43-26)28-14-19-48(20-15-28)24-27-9-11-29(12-10-27)37-36(40)39(44-30-7-6-17-49(25-30)35(51)13-16-41)46-38(45-37)32-23-42-50-18-5-4-8-34(32)50/h4-5,8-12,18,21-23,28,30H,6-7,13-15,17,19-20,24-25H2,1-3H3,(H,44,45,46)/t30-/m1/s1. The van der Waals surface area contributed by atoms with E-state index >= 15 is 4.39 Å². The number of hydrogen-bond acceptors (Lipinski definition) is 9. The highest BCUT2D eigenvalue weighted by atomic mass is 19.1. The van der Waals surface area contributed by atoms with Gasteiger partial charge in [-0.05, 0) is 75.5 Å². The van der Waals surface area contributed by atoms with Crippen LogP contribution in [0.2, 0.25) is 0 Å². The van der Waals surface area contributed by atoms with Gasteiger partial charge in [-0.3, -0.25) is 14.7 Å². The van der Waals surface area contributed by atoms with Crippen molar-refractivity contribution in [2.75, 3.05) is 50.5 Å². The smallest absolute Gasteiger partial charge is 0.236 e. The van der Waals surface area contributed by atoms with Crippen LogP contribution in [0.5, 0.6) is 0 Å². The fourth-order valence-electron chi connectivity index (χ4n) is 7.21. The third-order valence-electron chi connectivity index (χ3n) is 9.98. The number of carbonyl (C=O) groups excluding carboxylic acids is 1. The van der Waals surface area contributed by atoms with E-state index in [0.29, 0.717) is 36.0 Å². The zero-order valence-corrected chi connectivity index (χ0v) is 29.4.